The van der Waals surface area contributed by atoms with Crippen molar-refractivity contribution >= 4 is 46.8 Å². The number of nitro groups is 1. The van der Waals surface area contributed by atoms with Gasteiger partial charge in [0.15, 0.2) is 0 Å². The van der Waals surface area contributed by atoms with E-state index >= 15 is 0 Å². The molecule has 10 heteroatoms. The first kappa shape index (κ1) is 24.1. The molecule has 0 bridgehead atoms. The first-order chi connectivity index (χ1) is 16.3. The monoisotopic (exact) mass is 479 g/mol. The Bertz CT molecular complexity index is 1290. The first-order valence-electron chi connectivity index (χ1n) is 9.80. The van der Waals surface area contributed by atoms with Gasteiger partial charge in [0.05, 0.1) is 28.2 Å². The van der Waals surface area contributed by atoms with Gasteiger partial charge in [-0.25, -0.2) is 4.79 Å². The highest BCUT2D eigenvalue weighted by Crippen LogP contribution is 2.19. The average molecular weight is 480 g/mol. The van der Waals surface area contributed by atoms with Crippen LogP contribution in [0.1, 0.15) is 26.3 Å². The topological polar surface area (TPSA) is 128 Å². The van der Waals surface area contributed by atoms with Crippen LogP contribution in [0.25, 0.3) is 6.08 Å². The summed E-state index contributed by atoms with van der Waals surface area (Å²) in [5, 5.41) is 16.4. The number of benzene rings is 3. The van der Waals surface area contributed by atoms with Crippen LogP contribution in [0.15, 0.2) is 78.5 Å². The highest BCUT2D eigenvalue weighted by molar-refractivity contribution is 6.34. The SMILES string of the molecule is COC(=O)c1ccc(NC(=O)/C(=C\c2cccc([N+](=O)[O-])c2)NC(=O)c2ccccc2Cl)cc1. The van der Waals surface area contributed by atoms with Gasteiger partial charge < -0.3 is 15.4 Å². The standard InChI is InChI=1S/C24H18ClN3O6/c1-34-24(31)16-9-11-17(12-10-16)26-23(30)21(14-15-5-4-6-18(13-15)28(32)33)27-22(29)19-7-2-3-8-20(19)25/h2-14H,1H3,(H,26,30)(H,27,29)/b21-14+. The number of nitrogens with one attached hydrogen (secondary N) is 2. The number of carbonyl (C=O) groups excluding carboxylic acids is 3. The highest BCUT2D eigenvalue weighted by atomic mass is 35.5. The lowest BCUT2D eigenvalue weighted by molar-refractivity contribution is -0.384. The number of rotatable bonds is 7. The lowest BCUT2D eigenvalue weighted by Crippen LogP contribution is -2.31. The van der Waals surface area contributed by atoms with E-state index in [2.05, 4.69) is 15.4 Å². The molecule has 2 amide bonds. The number of hydrogen-bond acceptors (Lipinski definition) is 6. The summed E-state index contributed by atoms with van der Waals surface area (Å²) >= 11 is 6.09. The molecule has 3 rings (SSSR count). The number of esters is 1. The summed E-state index contributed by atoms with van der Waals surface area (Å²) in [7, 11) is 1.25. The number of nitrogens with zero attached hydrogens (tertiary/aromatic N) is 1. The molecule has 0 fully saturated rings. The van der Waals surface area contributed by atoms with Crippen LogP contribution < -0.4 is 10.6 Å². The van der Waals surface area contributed by atoms with Gasteiger partial charge in [-0.15, -0.1) is 0 Å². The van der Waals surface area contributed by atoms with Crippen LogP contribution in [0.2, 0.25) is 5.02 Å². The number of carbonyl (C=O) groups is 3. The predicted molar refractivity (Wildman–Crippen MR) is 126 cm³/mol. The number of hydrogen-bond donors (Lipinski definition) is 2. The van der Waals surface area contributed by atoms with Gasteiger partial charge in [0.1, 0.15) is 5.70 Å². The second kappa shape index (κ2) is 10.9. The summed E-state index contributed by atoms with van der Waals surface area (Å²) in [5.41, 5.74) is 0.741. The molecule has 172 valence electrons. The van der Waals surface area contributed by atoms with Gasteiger partial charge in [-0.1, -0.05) is 35.9 Å². The van der Waals surface area contributed by atoms with Crippen LogP contribution in [0.3, 0.4) is 0 Å². The zero-order valence-electron chi connectivity index (χ0n) is 17.8. The second-order valence-corrected chi connectivity index (χ2v) is 7.27. The van der Waals surface area contributed by atoms with Gasteiger partial charge in [-0.05, 0) is 48.0 Å². The summed E-state index contributed by atoms with van der Waals surface area (Å²) < 4.78 is 4.64. The minimum Gasteiger partial charge on any atom is -0.465 e. The van der Waals surface area contributed by atoms with Gasteiger partial charge in [0.2, 0.25) is 0 Å². The van der Waals surface area contributed by atoms with Crippen LogP contribution >= 0.6 is 11.6 Å². The third-order valence-electron chi connectivity index (χ3n) is 4.57. The van der Waals surface area contributed by atoms with E-state index < -0.39 is 22.7 Å². The van der Waals surface area contributed by atoms with Crippen molar-refractivity contribution in [3.05, 3.63) is 110 Å². The Hall–Kier alpha value is -4.50. The molecule has 0 aliphatic rings. The van der Waals surface area contributed by atoms with Gasteiger partial charge in [-0.2, -0.15) is 0 Å². The number of methoxy groups -OCH3 is 1. The third-order valence-corrected chi connectivity index (χ3v) is 4.90. The molecule has 0 unspecified atom stereocenters. The lowest BCUT2D eigenvalue weighted by Gasteiger charge is -2.12. The fourth-order valence-electron chi connectivity index (χ4n) is 2.89. The van der Waals surface area contributed by atoms with Crippen molar-refractivity contribution in [2.75, 3.05) is 12.4 Å². The van der Waals surface area contributed by atoms with Crippen molar-refractivity contribution in [3.8, 4) is 0 Å². The summed E-state index contributed by atoms with van der Waals surface area (Å²) in [6.07, 6.45) is 1.31. The normalized spacial score (nSPS) is 10.8. The Balaban J connectivity index is 1.92. The number of nitro benzene ring substituents is 1. The van der Waals surface area contributed by atoms with Crippen LogP contribution in [-0.4, -0.2) is 29.8 Å². The van der Waals surface area contributed by atoms with Crippen LogP contribution in [0.4, 0.5) is 11.4 Å². The zero-order chi connectivity index (χ0) is 24.7. The Kier molecular flexibility index (Phi) is 7.73. The van der Waals surface area contributed by atoms with E-state index in [1.165, 1.54) is 67.8 Å². The van der Waals surface area contributed by atoms with Gasteiger partial charge in [-0.3, -0.25) is 19.7 Å². The second-order valence-electron chi connectivity index (χ2n) is 6.87. The van der Waals surface area contributed by atoms with E-state index in [1.807, 2.05) is 0 Å². The molecular weight excluding hydrogens is 462 g/mol. The number of amides is 2. The molecule has 9 nitrogen and oxygen atoms in total. The molecule has 0 saturated carbocycles. The van der Waals surface area contributed by atoms with E-state index in [9.17, 15) is 24.5 Å². The number of ether oxygens (including phenoxy) is 1. The van der Waals surface area contributed by atoms with Gasteiger partial charge >= 0.3 is 5.97 Å². The zero-order valence-corrected chi connectivity index (χ0v) is 18.5. The van der Waals surface area contributed by atoms with E-state index in [0.29, 0.717) is 16.8 Å². The molecule has 0 aliphatic carbocycles. The molecule has 34 heavy (non-hydrogen) atoms. The highest BCUT2D eigenvalue weighted by Gasteiger charge is 2.18. The van der Waals surface area contributed by atoms with Crippen LogP contribution in [0, 0.1) is 10.1 Å². The first-order valence-corrected chi connectivity index (χ1v) is 10.2. The van der Waals surface area contributed by atoms with Gasteiger partial charge in [0.25, 0.3) is 17.5 Å². The number of anilines is 1. The molecular formula is C24H18ClN3O6. The Morgan fingerprint density at radius 1 is 1.00 bits per heavy atom. The quantitative estimate of drug-likeness (QED) is 0.223. The van der Waals surface area contributed by atoms with Crippen molar-refractivity contribution in [1.29, 1.82) is 0 Å². The molecule has 3 aromatic rings. The molecule has 0 spiro atoms. The fraction of sp³-hybridized carbons (Fsp3) is 0.0417. The average Bonchev–Trinajstić information content (AvgIpc) is 2.84. The Morgan fingerprint density at radius 3 is 2.35 bits per heavy atom. The predicted octanol–water partition coefficient (Wildman–Crippen LogP) is 4.44. The molecule has 0 aliphatic heterocycles. The number of non-ortho nitro benzene ring substituents is 1. The Labute approximate surface area is 199 Å². The van der Waals surface area contributed by atoms with Crippen molar-refractivity contribution in [1.82, 2.24) is 5.32 Å². The van der Waals surface area contributed by atoms with E-state index in [-0.39, 0.29) is 22.0 Å². The smallest absolute Gasteiger partial charge is 0.337 e. The molecule has 2 N–H and O–H groups in total. The van der Waals surface area contributed by atoms with E-state index in [1.54, 1.807) is 18.2 Å². The van der Waals surface area contributed by atoms with E-state index in [4.69, 9.17) is 11.6 Å². The molecule has 0 saturated heterocycles. The summed E-state index contributed by atoms with van der Waals surface area (Å²) in [6.45, 7) is 0. The molecule has 3 aromatic carbocycles. The summed E-state index contributed by atoms with van der Waals surface area (Å²) in [6, 6.07) is 17.8. The van der Waals surface area contributed by atoms with Crippen molar-refractivity contribution in [2.24, 2.45) is 0 Å². The molecule has 0 aromatic heterocycles. The maximum absolute atomic E-state index is 13.0. The minimum atomic E-state index is -0.697. The van der Waals surface area contributed by atoms with Crippen molar-refractivity contribution in [2.45, 2.75) is 0 Å². The number of halogens is 1. The molecule has 0 radical (unpaired) electrons. The maximum atomic E-state index is 13.0. The van der Waals surface area contributed by atoms with Crippen LogP contribution in [0.5, 0.6) is 0 Å². The lowest BCUT2D eigenvalue weighted by atomic mass is 10.1. The largest absolute Gasteiger partial charge is 0.465 e. The Morgan fingerprint density at radius 2 is 1.71 bits per heavy atom. The fourth-order valence-corrected chi connectivity index (χ4v) is 3.12. The van der Waals surface area contributed by atoms with Crippen molar-refractivity contribution < 1.29 is 24.0 Å². The van der Waals surface area contributed by atoms with Crippen molar-refractivity contribution in [3.63, 3.8) is 0 Å². The maximum Gasteiger partial charge on any atom is 0.337 e. The molecule has 0 atom stereocenters. The third kappa shape index (κ3) is 6.05. The van der Waals surface area contributed by atoms with E-state index in [0.717, 1.165) is 0 Å². The minimum absolute atomic E-state index is 0.143. The summed E-state index contributed by atoms with van der Waals surface area (Å²) in [4.78, 5) is 47.9. The molecule has 0 heterocycles. The van der Waals surface area contributed by atoms with Crippen LogP contribution in [-0.2, 0) is 9.53 Å². The summed E-state index contributed by atoms with van der Waals surface area (Å²) in [5.74, 6) is -1.87. The van der Waals surface area contributed by atoms with Gasteiger partial charge in [0, 0.05) is 17.8 Å².